The van der Waals surface area contributed by atoms with Gasteiger partial charge in [-0.1, -0.05) is 19.4 Å². The van der Waals surface area contributed by atoms with E-state index in [-0.39, 0.29) is 11.7 Å². The third-order valence-electron chi connectivity index (χ3n) is 5.28. The number of quaternary nitrogens is 1. The molecule has 0 bridgehead atoms. The van der Waals surface area contributed by atoms with Gasteiger partial charge in [0.2, 0.25) is 0 Å². The van der Waals surface area contributed by atoms with Crippen LogP contribution in [-0.4, -0.2) is 43.0 Å². The quantitative estimate of drug-likeness (QED) is 0.884. The second-order valence-corrected chi connectivity index (χ2v) is 6.93. The monoisotopic (exact) mass is 305 g/mol. The predicted octanol–water partition coefficient (Wildman–Crippen LogP) is 1.75. The second-order valence-electron chi connectivity index (χ2n) is 6.93. The van der Waals surface area contributed by atoms with Crippen LogP contribution in [0.5, 0.6) is 0 Å². The Hall–Kier alpha value is -1.42. The largest absolute Gasteiger partial charge is 0.330 e. The number of piperazine rings is 1. The topological polar surface area (TPSA) is 24.8 Å². The van der Waals surface area contributed by atoms with Gasteiger partial charge in [-0.25, -0.2) is 4.39 Å². The molecule has 2 aliphatic rings. The fourth-order valence-corrected chi connectivity index (χ4v) is 4.01. The maximum atomic E-state index is 13.3. The van der Waals surface area contributed by atoms with E-state index >= 15 is 0 Å². The number of benzene rings is 1. The number of nitrogens with one attached hydrogen (secondary N) is 1. The summed E-state index contributed by atoms with van der Waals surface area (Å²) in [5, 5.41) is 0. The van der Waals surface area contributed by atoms with Crippen LogP contribution in [0, 0.1) is 11.7 Å². The minimum absolute atomic E-state index is 0.0319. The van der Waals surface area contributed by atoms with Crippen molar-refractivity contribution >= 4 is 5.91 Å². The highest BCUT2D eigenvalue weighted by Gasteiger charge is 2.32. The molecule has 22 heavy (non-hydrogen) atoms. The van der Waals surface area contributed by atoms with Crippen LogP contribution < -0.4 is 4.90 Å². The number of hydrogen-bond donors (Lipinski definition) is 1. The van der Waals surface area contributed by atoms with Crippen LogP contribution in [0.1, 0.15) is 43.0 Å². The molecule has 1 N–H and O–H groups in total. The Labute approximate surface area is 132 Å². The van der Waals surface area contributed by atoms with Crippen molar-refractivity contribution in [2.75, 3.05) is 26.2 Å². The number of halogens is 1. The molecule has 1 aliphatic carbocycles. The van der Waals surface area contributed by atoms with Crippen LogP contribution in [0.25, 0.3) is 0 Å². The van der Waals surface area contributed by atoms with Gasteiger partial charge in [-0.05, 0) is 37.0 Å². The molecule has 1 heterocycles. The molecule has 2 atom stereocenters. The lowest BCUT2D eigenvalue weighted by molar-refractivity contribution is -0.930. The highest BCUT2D eigenvalue weighted by atomic mass is 19.1. The molecule has 3 nitrogen and oxygen atoms in total. The average molecular weight is 305 g/mol. The molecule has 0 unspecified atom stereocenters. The first-order valence-corrected chi connectivity index (χ1v) is 8.53. The first-order valence-electron chi connectivity index (χ1n) is 8.53. The number of carbonyl (C=O) groups excluding carboxylic acids is 1. The van der Waals surface area contributed by atoms with E-state index in [1.165, 1.54) is 37.8 Å². The average Bonchev–Trinajstić information content (AvgIpc) is 2.54. The Morgan fingerprint density at radius 3 is 2.73 bits per heavy atom. The lowest BCUT2D eigenvalue weighted by atomic mass is 9.86. The Balaban J connectivity index is 1.56. The van der Waals surface area contributed by atoms with Crippen LogP contribution in [-0.2, 0) is 0 Å². The van der Waals surface area contributed by atoms with E-state index in [9.17, 15) is 9.18 Å². The highest BCUT2D eigenvalue weighted by molar-refractivity contribution is 5.94. The first kappa shape index (κ1) is 15.5. The summed E-state index contributed by atoms with van der Waals surface area (Å²) < 4.78 is 13.3. The van der Waals surface area contributed by atoms with Gasteiger partial charge in [-0.15, -0.1) is 0 Å². The summed E-state index contributed by atoms with van der Waals surface area (Å²) in [5.41, 5.74) is 0.467. The minimum Gasteiger partial charge on any atom is -0.330 e. The molecule has 0 radical (unpaired) electrons. The molecule has 0 spiro atoms. The molecule has 1 aromatic carbocycles. The molecule has 1 aliphatic heterocycles. The van der Waals surface area contributed by atoms with Crippen LogP contribution in [0.15, 0.2) is 24.3 Å². The Kier molecular flexibility index (Phi) is 4.77. The van der Waals surface area contributed by atoms with Gasteiger partial charge in [0.05, 0.1) is 32.2 Å². The zero-order valence-corrected chi connectivity index (χ0v) is 13.4. The standard InChI is InChI=1S/C18H25FN2O/c1-14-4-2-7-17(12-14)20-8-10-21(11-9-20)18(22)15-5-3-6-16(19)13-15/h3,5-6,13-14,17H,2,4,7-12H2,1H3/p+1/t14-,17+/m1/s1. The number of carbonyl (C=O) groups is 1. The van der Waals surface area contributed by atoms with Crippen molar-refractivity contribution in [3.63, 3.8) is 0 Å². The molecule has 0 aromatic heterocycles. The van der Waals surface area contributed by atoms with E-state index in [1.54, 1.807) is 17.0 Å². The normalized spacial score (nSPS) is 26.9. The van der Waals surface area contributed by atoms with Gasteiger partial charge in [-0.3, -0.25) is 4.79 Å². The van der Waals surface area contributed by atoms with E-state index < -0.39 is 0 Å². The van der Waals surface area contributed by atoms with Crippen LogP contribution >= 0.6 is 0 Å². The van der Waals surface area contributed by atoms with Gasteiger partial charge in [0.1, 0.15) is 5.82 Å². The van der Waals surface area contributed by atoms with Crippen molar-refractivity contribution in [2.24, 2.45) is 5.92 Å². The van der Waals surface area contributed by atoms with Crippen molar-refractivity contribution < 1.29 is 14.1 Å². The number of amides is 1. The molecule has 1 saturated heterocycles. The van der Waals surface area contributed by atoms with E-state index in [4.69, 9.17) is 0 Å². The third-order valence-corrected chi connectivity index (χ3v) is 5.28. The molecule has 2 fully saturated rings. The Morgan fingerprint density at radius 1 is 1.27 bits per heavy atom. The highest BCUT2D eigenvalue weighted by Crippen LogP contribution is 2.22. The van der Waals surface area contributed by atoms with Gasteiger partial charge < -0.3 is 9.80 Å². The molecule has 1 amide bonds. The molecule has 1 aromatic rings. The molecule has 120 valence electrons. The van der Waals surface area contributed by atoms with E-state index in [1.807, 2.05) is 4.90 Å². The molecular weight excluding hydrogens is 279 g/mol. The van der Waals surface area contributed by atoms with Crippen LogP contribution in [0.3, 0.4) is 0 Å². The number of nitrogens with zero attached hydrogens (tertiary/aromatic N) is 1. The fourth-order valence-electron chi connectivity index (χ4n) is 4.01. The lowest BCUT2D eigenvalue weighted by Gasteiger charge is -2.39. The zero-order valence-electron chi connectivity index (χ0n) is 13.4. The minimum atomic E-state index is -0.341. The molecular formula is C18H26FN2O+. The van der Waals surface area contributed by atoms with Crippen molar-refractivity contribution in [3.05, 3.63) is 35.6 Å². The SMILES string of the molecule is C[C@@H]1CCC[C@H]([NH+]2CCN(C(=O)c3cccc(F)c3)CC2)C1. The Bertz CT molecular complexity index is 526. The van der Waals surface area contributed by atoms with Crippen molar-refractivity contribution in [2.45, 2.75) is 38.6 Å². The van der Waals surface area contributed by atoms with Crippen LogP contribution in [0.2, 0.25) is 0 Å². The summed E-state index contributed by atoms with van der Waals surface area (Å²) in [5.74, 6) is 0.472. The predicted molar refractivity (Wildman–Crippen MR) is 84.4 cm³/mol. The zero-order chi connectivity index (χ0) is 15.5. The number of hydrogen-bond acceptors (Lipinski definition) is 1. The first-order chi connectivity index (χ1) is 10.6. The van der Waals surface area contributed by atoms with Crippen LogP contribution in [0.4, 0.5) is 4.39 Å². The summed E-state index contributed by atoms with van der Waals surface area (Å²) in [6, 6.07) is 6.80. The van der Waals surface area contributed by atoms with Gasteiger partial charge >= 0.3 is 0 Å². The molecule has 4 heteroatoms. The van der Waals surface area contributed by atoms with Gasteiger partial charge in [0, 0.05) is 12.0 Å². The van der Waals surface area contributed by atoms with E-state index in [0.717, 1.165) is 38.1 Å². The maximum Gasteiger partial charge on any atom is 0.254 e. The Morgan fingerprint density at radius 2 is 2.05 bits per heavy atom. The molecule has 3 rings (SSSR count). The summed E-state index contributed by atoms with van der Waals surface area (Å²) >= 11 is 0. The van der Waals surface area contributed by atoms with Gasteiger partial charge in [-0.2, -0.15) is 0 Å². The van der Waals surface area contributed by atoms with E-state index in [0.29, 0.717) is 5.56 Å². The lowest BCUT2D eigenvalue weighted by Crippen LogP contribution is -3.18. The summed E-state index contributed by atoms with van der Waals surface area (Å²) in [4.78, 5) is 16.0. The number of rotatable bonds is 2. The fraction of sp³-hybridized carbons (Fsp3) is 0.611. The van der Waals surface area contributed by atoms with Gasteiger partial charge in [0.15, 0.2) is 0 Å². The third kappa shape index (κ3) is 3.49. The maximum absolute atomic E-state index is 13.3. The van der Waals surface area contributed by atoms with Crippen molar-refractivity contribution in [3.8, 4) is 0 Å². The van der Waals surface area contributed by atoms with Crippen molar-refractivity contribution in [1.29, 1.82) is 0 Å². The second kappa shape index (κ2) is 6.78. The van der Waals surface area contributed by atoms with E-state index in [2.05, 4.69) is 6.92 Å². The summed E-state index contributed by atoms with van der Waals surface area (Å²) in [7, 11) is 0. The van der Waals surface area contributed by atoms with Crippen molar-refractivity contribution in [1.82, 2.24) is 4.90 Å². The summed E-state index contributed by atoms with van der Waals surface area (Å²) in [6.45, 7) is 5.98. The smallest absolute Gasteiger partial charge is 0.254 e. The van der Waals surface area contributed by atoms with Gasteiger partial charge in [0.25, 0.3) is 5.91 Å². The summed E-state index contributed by atoms with van der Waals surface area (Å²) in [6.07, 6.45) is 5.37. The molecule has 1 saturated carbocycles.